The van der Waals surface area contributed by atoms with Crippen LogP contribution < -0.4 is 0 Å². The summed E-state index contributed by atoms with van der Waals surface area (Å²) in [6, 6.07) is 21.8. The molecule has 1 atom stereocenters. The van der Waals surface area contributed by atoms with Crippen molar-refractivity contribution in [1.29, 1.82) is 0 Å². The van der Waals surface area contributed by atoms with Crippen LogP contribution in [0.25, 0.3) is 0 Å². The first-order valence-electron chi connectivity index (χ1n) is 12.1. The van der Waals surface area contributed by atoms with Gasteiger partial charge < -0.3 is 9.80 Å². The van der Waals surface area contributed by atoms with Crippen molar-refractivity contribution in [3.8, 4) is 0 Å². The Hall–Kier alpha value is -2.22. The van der Waals surface area contributed by atoms with Gasteiger partial charge in [-0.25, -0.2) is 0 Å². The minimum absolute atomic E-state index is 0.418. The maximum atomic E-state index is 2.57. The normalized spacial score (nSPS) is 15.8. The second kappa shape index (κ2) is 13.2. The molecule has 0 saturated carbocycles. The minimum Gasteiger partial charge on any atom is -0.356 e. The molecule has 0 amide bonds. The van der Waals surface area contributed by atoms with Crippen LogP contribution in [-0.4, -0.2) is 22.5 Å². The van der Waals surface area contributed by atoms with Gasteiger partial charge >= 0.3 is 0 Å². The number of unbranched alkanes of at least 4 members (excludes halogenated alkanes) is 8. The van der Waals surface area contributed by atoms with Crippen LogP contribution in [0.1, 0.15) is 75.8 Å². The molecule has 1 aliphatic rings. The summed E-state index contributed by atoms with van der Waals surface area (Å²) in [5.41, 5.74) is 2.80. The number of rotatable bonds is 14. The molecule has 0 aliphatic carbocycles. The van der Waals surface area contributed by atoms with E-state index in [4.69, 9.17) is 0 Å². The van der Waals surface area contributed by atoms with Crippen molar-refractivity contribution in [3.63, 3.8) is 0 Å². The molecule has 2 aromatic carbocycles. The van der Waals surface area contributed by atoms with Crippen LogP contribution in [0.2, 0.25) is 0 Å². The van der Waals surface area contributed by atoms with E-state index in [1.165, 1.54) is 68.9 Å². The summed E-state index contributed by atoms with van der Waals surface area (Å²) >= 11 is 0. The van der Waals surface area contributed by atoms with Gasteiger partial charge in [-0.3, -0.25) is 0 Å². The highest BCUT2D eigenvalue weighted by atomic mass is 15.4. The van der Waals surface area contributed by atoms with Gasteiger partial charge in [0, 0.05) is 31.9 Å². The molecule has 2 aromatic rings. The number of hydrogen-bond donors (Lipinski definition) is 0. The fourth-order valence-corrected chi connectivity index (χ4v) is 4.40. The van der Waals surface area contributed by atoms with E-state index in [-0.39, 0.29) is 0 Å². The molecule has 0 aromatic heterocycles. The maximum Gasteiger partial charge on any atom is 0.105 e. The van der Waals surface area contributed by atoms with Crippen molar-refractivity contribution in [2.45, 2.75) is 83.8 Å². The van der Waals surface area contributed by atoms with Gasteiger partial charge in [0.15, 0.2) is 0 Å². The summed E-state index contributed by atoms with van der Waals surface area (Å²) in [5, 5.41) is 0. The van der Waals surface area contributed by atoms with Crippen LogP contribution in [0.4, 0.5) is 0 Å². The van der Waals surface area contributed by atoms with E-state index in [2.05, 4.69) is 89.8 Å². The van der Waals surface area contributed by atoms with Gasteiger partial charge in [-0.05, 0) is 17.5 Å². The largest absolute Gasteiger partial charge is 0.356 e. The standard InChI is InChI=1S/C28H40N2/c1-2-3-4-5-6-7-8-9-16-21-29-22-23-30(25-27-19-14-11-15-20-27)28(29)24-26-17-12-10-13-18-26/h10-15,17-20,22-23,28H,2-9,16,21,24-25H2,1H3. The third-order valence-electron chi connectivity index (χ3n) is 6.20. The second-order valence-electron chi connectivity index (χ2n) is 8.69. The highest BCUT2D eigenvalue weighted by molar-refractivity contribution is 5.19. The van der Waals surface area contributed by atoms with Gasteiger partial charge in [-0.15, -0.1) is 0 Å². The Labute approximate surface area is 184 Å². The summed E-state index contributed by atoms with van der Waals surface area (Å²) < 4.78 is 0. The SMILES string of the molecule is CCCCCCCCCCCN1C=CN(Cc2ccccc2)C1Cc1ccccc1. The smallest absolute Gasteiger partial charge is 0.105 e. The summed E-state index contributed by atoms with van der Waals surface area (Å²) in [7, 11) is 0. The van der Waals surface area contributed by atoms with Gasteiger partial charge in [0.2, 0.25) is 0 Å². The van der Waals surface area contributed by atoms with Crippen LogP contribution in [-0.2, 0) is 13.0 Å². The molecule has 0 radical (unpaired) electrons. The molecule has 1 unspecified atom stereocenters. The lowest BCUT2D eigenvalue weighted by Crippen LogP contribution is -2.40. The first-order chi connectivity index (χ1) is 14.9. The predicted molar refractivity (Wildman–Crippen MR) is 129 cm³/mol. The quantitative estimate of drug-likeness (QED) is 0.303. The van der Waals surface area contributed by atoms with Gasteiger partial charge in [-0.2, -0.15) is 0 Å². The average Bonchev–Trinajstić information content (AvgIpc) is 3.15. The van der Waals surface area contributed by atoms with Crippen LogP contribution in [0.5, 0.6) is 0 Å². The Bertz CT molecular complexity index is 710. The molecule has 0 fully saturated rings. The number of nitrogens with zero attached hydrogens (tertiary/aromatic N) is 2. The van der Waals surface area contributed by atoms with Gasteiger partial charge in [-0.1, -0.05) is 119 Å². The van der Waals surface area contributed by atoms with Crippen molar-refractivity contribution in [3.05, 3.63) is 84.2 Å². The first kappa shape index (κ1) is 22.5. The summed E-state index contributed by atoms with van der Waals surface area (Å²) in [6.45, 7) is 4.43. The summed E-state index contributed by atoms with van der Waals surface area (Å²) in [5.74, 6) is 0. The molecular formula is C28H40N2. The summed E-state index contributed by atoms with van der Waals surface area (Å²) in [6.07, 6.45) is 18.6. The number of benzene rings is 2. The highest BCUT2D eigenvalue weighted by Crippen LogP contribution is 2.23. The fourth-order valence-electron chi connectivity index (χ4n) is 4.40. The molecule has 3 rings (SSSR count). The van der Waals surface area contributed by atoms with Crippen molar-refractivity contribution in [2.75, 3.05) is 6.54 Å². The van der Waals surface area contributed by atoms with Crippen molar-refractivity contribution < 1.29 is 0 Å². The monoisotopic (exact) mass is 404 g/mol. The Balaban J connectivity index is 1.46. The van der Waals surface area contributed by atoms with E-state index in [9.17, 15) is 0 Å². The molecule has 30 heavy (non-hydrogen) atoms. The highest BCUT2D eigenvalue weighted by Gasteiger charge is 2.26. The zero-order chi connectivity index (χ0) is 20.9. The molecule has 0 bridgehead atoms. The minimum atomic E-state index is 0.418. The van der Waals surface area contributed by atoms with E-state index in [1.807, 2.05) is 0 Å². The van der Waals surface area contributed by atoms with Crippen LogP contribution >= 0.6 is 0 Å². The third kappa shape index (κ3) is 7.55. The second-order valence-corrected chi connectivity index (χ2v) is 8.69. The van der Waals surface area contributed by atoms with E-state index in [0.29, 0.717) is 6.17 Å². The zero-order valence-corrected chi connectivity index (χ0v) is 18.9. The lowest BCUT2D eigenvalue weighted by Gasteiger charge is -2.33. The predicted octanol–water partition coefficient (Wildman–Crippen LogP) is 7.38. The van der Waals surface area contributed by atoms with Gasteiger partial charge in [0.1, 0.15) is 6.17 Å². The topological polar surface area (TPSA) is 6.48 Å². The van der Waals surface area contributed by atoms with E-state index in [0.717, 1.165) is 19.5 Å². The molecule has 0 spiro atoms. The Morgan fingerprint density at radius 3 is 1.77 bits per heavy atom. The van der Waals surface area contributed by atoms with E-state index >= 15 is 0 Å². The Morgan fingerprint density at radius 2 is 1.13 bits per heavy atom. The van der Waals surface area contributed by atoms with Crippen LogP contribution in [0.15, 0.2) is 73.1 Å². The fraction of sp³-hybridized carbons (Fsp3) is 0.500. The van der Waals surface area contributed by atoms with Gasteiger partial charge in [0.25, 0.3) is 0 Å². The Morgan fingerprint density at radius 1 is 0.600 bits per heavy atom. The first-order valence-corrected chi connectivity index (χ1v) is 12.1. The van der Waals surface area contributed by atoms with Crippen molar-refractivity contribution in [1.82, 2.24) is 9.80 Å². The maximum absolute atomic E-state index is 2.57. The van der Waals surface area contributed by atoms with Crippen LogP contribution in [0.3, 0.4) is 0 Å². The van der Waals surface area contributed by atoms with Crippen LogP contribution in [0, 0.1) is 0 Å². The van der Waals surface area contributed by atoms with Crippen molar-refractivity contribution >= 4 is 0 Å². The molecule has 0 N–H and O–H groups in total. The lowest BCUT2D eigenvalue weighted by molar-refractivity contribution is 0.144. The van der Waals surface area contributed by atoms with E-state index in [1.54, 1.807) is 0 Å². The molecule has 0 saturated heterocycles. The third-order valence-corrected chi connectivity index (χ3v) is 6.20. The average molecular weight is 405 g/mol. The molecule has 2 heteroatoms. The molecule has 1 heterocycles. The molecule has 2 nitrogen and oxygen atoms in total. The number of hydrogen-bond acceptors (Lipinski definition) is 2. The zero-order valence-electron chi connectivity index (χ0n) is 18.9. The van der Waals surface area contributed by atoms with Crippen molar-refractivity contribution in [2.24, 2.45) is 0 Å². The van der Waals surface area contributed by atoms with E-state index < -0.39 is 0 Å². The molecule has 1 aliphatic heterocycles. The molecule has 162 valence electrons. The lowest BCUT2D eigenvalue weighted by atomic mass is 10.1. The molecular weight excluding hydrogens is 364 g/mol. The van der Waals surface area contributed by atoms with Gasteiger partial charge in [0.05, 0.1) is 0 Å². The Kier molecular flexibility index (Phi) is 9.85. The summed E-state index contributed by atoms with van der Waals surface area (Å²) in [4.78, 5) is 5.08.